The van der Waals surface area contributed by atoms with Gasteiger partial charge >= 0.3 is 0 Å². The highest BCUT2D eigenvalue weighted by Gasteiger charge is 2.16. The number of halogens is 3. The van der Waals surface area contributed by atoms with E-state index in [1.807, 2.05) is 18.2 Å². The first-order valence-corrected chi connectivity index (χ1v) is 6.95. The van der Waals surface area contributed by atoms with Gasteiger partial charge in [-0.1, -0.05) is 43.1 Å². The van der Waals surface area contributed by atoms with Crippen molar-refractivity contribution in [1.82, 2.24) is 5.32 Å². The monoisotopic (exact) mass is 293 g/mol. The summed E-state index contributed by atoms with van der Waals surface area (Å²) in [6, 6.07) is 5.56. The lowest BCUT2D eigenvalue weighted by Gasteiger charge is -2.24. The van der Waals surface area contributed by atoms with Gasteiger partial charge < -0.3 is 5.32 Å². The number of alkyl halides is 1. The van der Waals surface area contributed by atoms with Gasteiger partial charge in [0, 0.05) is 34.6 Å². The van der Waals surface area contributed by atoms with Crippen molar-refractivity contribution in [3.8, 4) is 0 Å². The highest BCUT2D eigenvalue weighted by molar-refractivity contribution is 6.35. The summed E-state index contributed by atoms with van der Waals surface area (Å²) in [7, 11) is 0. The maximum atomic E-state index is 6.10. The van der Waals surface area contributed by atoms with E-state index >= 15 is 0 Å². The van der Waals surface area contributed by atoms with Crippen LogP contribution in [-0.4, -0.2) is 12.4 Å². The van der Waals surface area contributed by atoms with Crippen LogP contribution < -0.4 is 5.32 Å². The van der Waals surface area contributed by atoms with Crippen LogP contribution in [0.1, 0.15) is 25.8 Å². The molecule has 0 spiro atoms. The summed E-state index contributed by atoms with van der Waals surface area (Å²) in [6.07, 6.45) is 0.984. The largest absolute Gasteiger partial charge is 0.312 e. The summed E-state index contributed by atoms with van der Waals surface area (Å²) in [5, 5.41) is 4.80. The zero-order valence-corrected chi connectivity index (χ0v) is 12.5. The Balaban J connectivity index is 2.51. The molecule has 0 unspecified atom stereocenters. The van der Waals surface area contributed by atoms with E-state index in [9.17, 15) is 0 Å². The minimum Gasteiger partial charge on any atom is -0.312 e. The van der Waals surface area contributed by atoms with Gasteiger partial charge in [0.05, 0.1) is 0 Å². The predicted molar refractivity (Wildman–Crippen MR) is 77.3 cm³/mol. The van der Waals surface area contributed by atoms with Crippen LogP contribution in [0.4, 0.5) is 0 Å². The maximum absolute atomic E-state index is 6.10. The quantitative estimate of drug-likeness (QED) is 0.747. The van der Waals surface area contributed by atoms with Gasteiger partial charge in [-0.15, -0.1) is 11.6 Å². The van der Waals surface area contributed by atoms with Crippen LogP contribution in [0.2, 0.25) is 10.0 Å². The molecule has 0 saturated carbocycles. The first-order valence-electron chi connectivity index (χ1n) is 5.66. The molecule has 17 heavy (non-hydrogen) atoms. The van der Waals surface area contributed by atoms with Gasteiger partial charge in [0.1, 0.15) is 0 Å². The first-order chi connectivity index (χ1) is 7.96. The zero-order chi connectivity index (χ0) is 12.9. The summed E-state index contributed by atoms with van der Waals surface area (Å²) in [5.74, 6) is 0.682. The minimum absolute atomic E-state index is 0.190. The van der Waals surface area contributed by atoms with Gasteiger partial charge in [0.2, 0.25) is 0 Å². The van der Waals surface area contributed by atoms with Crippen molar-refractivity contribution < 1.29 is 0 Å². The van der Waals surface area contributed by atoms with E-state index in [1.54, 1.807) is 0 Å². The molecule has 0 amide bonds. The van der Waals surface area contributed by atoms with Crippen molar-refractivity contribution in [2.45, 2.75) is 26.8 Å². The molecule has 1 nitrogen and oxygen atoms in total. The van der Waals surface area contributed by atoms with E-state index in [-0.39, 0.29) is 5.41 Å². The van der Waals surface area contributed by atoms with E-state index < -0.39 is 0 Å². The molecule has 0 fully saturated rings. The van der Waals surface area contributed by atoms with Crippen molar-refractivity contribution in [3.05, 3.63) is 33.8 Å². The topological polar surface area (TPSA) is 12.0 Å². The summed E-state index contributed by atoms with van der Waals surface area (Å²) >= 11 is 18.0. The van der Waals surface area contributed by atoms with Crippen molar-refractivity contribution in [2.24, 2.45) is 5.41 Å². The molecule has 1 aromatic rings. The smallest absolute Gasteiger partial charge is 0.0465 e. The Morgan fingerprint density at radius 1 is 1.18 bits per heavy atom. The Kier molecular flexibility index (Phi) is 6.08. The van der Waals surface area contributed by atoms with Crippen molar-refractivity contribution in [3.63, 3.8) is 0 Å². The Morgan fingerprint density at radius 3 is 2.29 bits per heavy atom. The number of nitrogens with one attached hydrogen (secondary N) is 1. The summed E-state index contributed by atoms with van der Waals surface area (Å²) in [6.45, 7) is 5.96. The van der Waals surface area contributed by atoms with Crippen LogP contribution in [0.5, 0.6) is 0 Å². The number of hydrogen-bond donors (Lipinski definition) is 1. The third kappa shape index (κ3) is 5.05. The molecule has 0 aromatic heterocycles. The number of rotatable bonds is 6. The SMILES string of the molecule is CC(C)(CCCl)CNCc1c(Cl)cccc1Cl. The lowest BCUT2D eigenvalue weighted by atomic mass is 9.90. The Hall–Kier alpha value is 0.0500. The van der Waals surface area contributed by atoms with Gasteiger partial charge in [0.15, 0.2) is 0 Å². The highest BCUT2D eigenvalue weighted by Crippen LogP contribution is 2.25. The first kappa shape index (κ1) is 15.1. The summed E-state index contributed by atoms with van der Waals surface area (Å²) in [5.41, 5.74) is 1.15. The minimum atomic E-state index is 0.190. The van der Waals surface area contributed by atoms with E-state index in [0.29, 0.717) is 22.5 Å². The number of hydrogen-bond acceptors (Lipinski definition) is 1. The van der Waals surface area contributed by atoms with Crippen LogP contribution in [0, 0.1) is 5.41 Å². The molecule has 0 radical (unpaired) electrons. The number of benzene rings is 1. The molecule has 1 N–H and O–H groups in total. The molecule has 1 aromatic carbocycles. The Labute approximate surface area is 118 Å². The predicted octanol–water partition coefficient (Wildman–Crippen LogP) is 4.74. The van der Waals surface area contributed by atoms with Crippen LogP contribution in [0.15, 0.2) is 18.2 Å². The average Bonchev–Trinajstić information content (AvgIpc) is 2.22. The van der Waals surface area contributed by atoms with E-state index in [4.69, 9.17) is 34.8 Å². The Bertz CT molecular complexity index is 343. The molecule has 1 rings (SSSR count). The molecular weight excluding hydrogens is 277 g/mol. The third-order valence-electron chi connectivity index (χ3n) is 2.74. The second-order valence-corrected chi connectivity index (χ2v) is 6.10. The third-order valence-corrected chi connectivity index (χ3v) is 3.64. The normalized spacial score (nSPS) is 11.8. The lowest BCUT2D eigenvalue weighted by molar-refractivity contribution is 0.329. The van der Waals surface area contributed by atoms with E-state index in [2.05, 4.69) is 19.2 Å². The fourth-order valence-corrected chi connectivity index (χ4v) is 2.61. The molecule has 0 heterocycles. The maximum Gasteiger partial charge on any atom is 0.0465 e. The zero-order valence-electron chi connectivity index (χ0n) is 10.2. The summed E-state index contributed by atoms with van der Waals surface area (Å²) in [4.78, 5) is 0. The van der Waals surface area contributed by atoms with Gasteiger partial charge in [0.25, 0.3) is 0 Å². The van der Waals surface area contributed by atoms with Crippen molar-refractivity contribution in [2.75, 3.05) is 12.4 Å². The standard InChI is InChI=1S/C13H18Cl3N/c1-13(2,6-7-14)9-17-8-10-11(15)4-3-5-12(10)16/h3-5,17H,6-9H2,1-2H3. The molecule has 0 bridgehead atoms. The van der Waals surface area contributed by atoms with Crippen LogP contribution in [0.25, 0.3) is 0 Å². The van der Waals surface area contributed by atoms with Crippen LogP contribution in [-0.2, 0) is 6.54 Å². The lowest BCUT2D eigenvalue weighted by Crippen LogP contribution is -2.29. The summed E-state index contributed by atoms with van der Waals surface area (Å²) < 4.78 is 0. The van der Waals surface area contributed by atoms with E-state index in [0.717, 1.165) is 18.5 Å². The molecular formula is C13H18Cl3N. The van der Waals surface area contributed by atoms with E-state index in [1.165, 1.54) is 0 Å². The van der Waals surface area contributed by atoms with Crippen molar-refractivity contribution in [1.29, 1.82) is 0 Å². The van der Waals surface area contributed by atoms with Gasteiger partial charge in [-0.3, -0.25) is 0 Å². The molecule has 4 heteroatoms. The fourth-order valence-electron chi connectivity index (χ4n) is 1.57. The Morgan fingerprint density at radius 2 is 1.76 bits per heavy atom. The van der Waals surface area contributed by atoms with Crippen LogP contribution in [0.3, 0.4) is 0 Å². The fraction of sp³-hybridized carbons (Fsp3) is 0.538. The second-order valence-electron chi connectivity index (χ2n) is 4.91. The van der Waals surface area contributed by atoms with Gasteiger partial charge in [-0.25, -0.2) is 0 Å². The van der Waals surface area contributed by atoms with Crippen LogP contribution >= 0.6 is 34.8 Å². The molecule has 0 aliphatic rings. The van der Waals surface area contributed by atoms with Gasteiger partial charge in [-0.05, 0) is 24.0 Å². The van der Waals surface area contributed by atoms with Gasteiger partial charge in [-0.2, -0.15) is 0 Å². The second kappa shape index (κ2) is 6.84. The molecule has 96 valence electrons. The highest BCUT2D eigenvalue weighted by atomic mass is 35.5. The average molecular weight is 295 g/mol. The van der Waals surface area contributed by atoms with Crippen molar-refractivity contribution >= 4 is 34.8 Å². The molecule has 0 atom stereocenters. The molecule has 0 aliphatic heterocycles. The molecule has 0 saturated heterocycles. The molecule has 0 aliphatic carbocycles.